The van der Waals surface area contributed by atoms with Crippen molar-refractivity contribution in [3.8, 4) is 0 Å². The van der Waals surface area contributed by atoms with Gasteiger partial charge in [-0.15, -0.1) is 5.10 Å². The Morgan fingerprint density at radius 1 is 1.28 bits per heavy atom. The zero-order chi connectivity index (χ0) is 13.2. The highest BCUT2D eigenvalue weighted by molar-refractivity contribution is 7.03. The van der Waals surface area contributed by atoms with E-state index in [4.69, 9.17) is 0 Å². The summed E-state index contributed by atoms with van der Waals surface area (Å²) in [5.74, 6) is 0. The Kier molecular flexibility index (Phi) is 3.63. The molecule has 2 aromatic rings. The summed E-state index contributed by atoms with van der Waals surface area (Å²) in [6.07, 6.45) is -4.38. The minimum atomic E-state index is -4.38. The van der Waals surface area contributed by atoms with E-state index >= 15 is 0 Å². The summed E-state index contributed by atoms with van der Waals surface area (Å²) in [6, 6.07) is 4.86. The van der Waals surface area contributed by atoms with E-state index in [-0.39, 0.29) is 5.56 Å². The van der Waals surface area contributed by atoms with Gasteiger partial charge < -0.3 is 5.32 Å². The normalized spacial score (nSPS) is 13.6. The number of alkyl halides is 3. The summed E-state index contributed by atoms with van der Waals surface area (Å²) in [5, 5.41) is 8.30. The van der Waals surface area contributed by atoms with Crippen LogP contribution in [0.5, 0.6) is 0 Å². The summed E-state index contributed by atoms with van der Waals surface area (Å²) in [7, 11) is 1.59. The number of benzene rings is 1. The highest BCUT2D eigenvalue weighted by atomic mass is 32.1. The molecule has 7 heteroatoms. The van der Waals surface area contributed by atoms with Crippen LogP contribution >= 0.6 is 11.5 Å². The number of hydrogen-bond acceptors (Lipinski definition) is 4. The topological polar surface area (TPSA) is 37.8 Å². The van der Waals surface area contributed by atoms with Gasteiger partial charge in [0.1, 0.15) is 0 Å². The van der Waals surface area contributed by atoms with Gasteiger partial charge >= 0.3 is 6.18 Å². The lowest BCUT2D eigenvalue weighted by Crippen LogP contribution is -2.22. The molecule has 1 aromatic carbocycles. The molecule has 18 heavy (non-hydrogen) atoms. The maximum Gasteiger partial charge on any atom is 0.416 e. The van der Waals surface area contributed by atoms with Crippen LogP contribution in [0.15, 0.2) is 29.6 Å². The summed E-state index contributed by atoms with van der Waals surface area (Å²) in [5.41, 5.74) is -0.0169. The van der Waals surface area contributed by atoms with Crippen molar-refractivity contribution in [3.63, 3.8) is 0 Å². The Morgan fingerprint density at radius 3 is 2.56 bits per heavy atom. The number of nitrogens with one attached hydrogen (secondary N) is 1. The maximum atomic E-state index is 12.9. The van der Waals surface area contributed by atoms with E-state index in [2.05, 4.69) is 14.9 Å². The van der Waals surface area contributed by atoms with Gasteiger partial charge in [0.05, 0.1) is 17.3 Å². The van der Waals surface area contributed by atoms with E-state index in [1.807, 2.05) is 0 Å². The lowest BCUT2D eigenvalue weighted by Gasteiger charge is -2.19. The second-order valence-corrected chi connectivity index (χ2v) is 4.25. The van der Waals surface area contributed by atoms with Gasteiger partial charge in [0.15, 0.2) is 0 Å². The Bertz CT molecular complexity index is 511. The maximum absolute atomic E-state index is 12.9. The smallest absolute Gasteiger partial charge is 0.308 e. The van der Waals surface area contributed by atoms with Gasteiger partial charge in [-0.05, 0) is 30.2 Å². The van der Waals surface area contributed by atoms with E-state index in [1.165, 1.54) is 12.1 Å². The number of rotatable bonds is 3. The highest BCUT2D eigenvalue weighted by Crippen LogP contribution is 2.35. The molecule has 1 atom stereocenters. The van der Waals surface area contributed by atoms with Gasteiger partial charge in [-0.25, -0.2) is 0 Å². The predicted octanol–water partition coefficient (Wildman–Crippen LogP) is 2.87. The Labute approximate surface area is 106 Å². The summed E-state index contributed by atoms with van der Waals surface area (Å²) >= 11 is 1.11. The fourth-order valence-electron chi connectivity index (χ4n) is 1.77. The minimum Gasteiger partial charge on any atom is -0.308 e. The average Bonchev–Trinajstić information content (AvgIpc) is 2.83. The molecule has 0 aliphatic carbocycles. The summed E-state index contributed by atoms with van der Waals surface area (Å²) < 4.78 is 42.5. The zero-order valence-electron chi connectivity index (χ0n) is 9.40. The van der Waals surface area contributed by atoms with Crippen LogP contribution in [-0.4, -0.2) is 16.6 Å². The van der Waals surface area contributed by atoms with Gasteiger partial charge in [0.2, 0.25) is 0 Å². The van der Waals surface area contributed by atoms with Crippen molar-refractivity contribution in [1.82, 2.24) is 14.9 Å². The molecule has 1 aromatic heterocycles. The van der Waals surface area contributed by atoms with Crippen molar-refractivity contribution in [2.75, 3.05) is 7.05 Å². The van der Waals surface area contributed by atoms with Crippen molar-refractivity contribution in [2.24, 2.45) is 0 Å². The fraction of sp³-hybridized carbons (Fsp3) is 0.273. The van der Waals surface area contributed by atoms with E-state index in [9.17, 15) is 13.2 Å². The lowest BCUT2D eigenvalue weighted by molar-refractivity contribution is -0.138. The van der Waals surface area contributed by atoms with Crippen LogP contribution in [0.4, 0.5) is 13.2 Å². The van der Waals surface area contributed by atoms with E-state index < -0.39 is 17.8 Å². The van der Waals surface area contributed by atoms with Gasteiger partial charge in [0.25, 0.3) is 0 Å². The number of hydrogen-bond donors (Lipinski definition) is 1. The molecule has 2 rings (SSSR count). The summed E-state index contributed by atoms with van der Waals surface area (Å²) in [6.45, 7) is 0. The monoisotopic (exact) mass is 273 g/mol. The first-order chi connectivity index (χ1) is 8.54. The molecule has 0 saturated carbocycles. The minimum absolute atomic E-state index is 0.153. The van der Waals surface area contributed by atoms with Crippen LogP contribution in [0.2, 0.25) is 0 Å². The molecule has 0 spiro atoms. The Morgan fingerprint density at radius 2 is 2.00 bits per heavy atom. The van der Waals surface area contributed by atoms with Crippen LogP contribution < -0.4 is 5.32 Å². The molecule has 0 amide bonds. The van der Waals surface area contributed by atoms with Crippen LogP contribution in [0.3, 0.4) is 0 Å². The lowest BCUT2D eigenvalue weighted by atomic mass is 9.98. The zero-order valence-corrected chi connectivity index (χ0v) is 10.2. The van der Waals surface area contributed by atoms with Crippen LogP contribution in [0, 0.1) is 0 Å². The number of nitrogens with zero attached hydrogens (tertiary/aromatic N) is 2. The molecule has 96 valence electrons. The van der Waals surface area contributed by atoms with Crippen molar-refractivity contribution >= 4 is 11.5 Å². The molecule has 3 nitrogen and oxygen atoms in total. The third kappa shape index (κ3) is 2.51. The molecule has 0 bridgehead atoms. The molecule has 1 N–H and O–H groups in total. The van der Waals surface area contributed by atoms with Crippen LogP contribution in [0.25, 0.3) is 0 Å². The quantitative estimate of drug-likeness (QED) is 0.934. The standard InChI is InChI=1S/C11H10F3N3S/c1-15-10(9-6-18-17-16-9)7-4-2-3-5-8(7)11(12,13)14/h2-6,10,15H,1H3. The largest absolute Gasteiger partial charge is 0.416 e. The highest BCUT2D eigenvalue weighted by Gasteiger charge is 2.35. The molecule has 0 aliphatic rings. The molecule has 0 fully saturated rings. The van der Waals surface area contributed by atoms with Crippen molar-refractivity contribution in [3.05, 3.63) is 46.5 Å². The van der Waals surface area contributed by atoms with E-state index in [1.54, 1.807) is 18.5 Å². The Hall–Kier alpha value is -1.47. The van der Waals surface area contributed by atoms with E-state index in [0.717, 1.165) is 17.6 Å². The third-order valence-corrected chi connectivity index (χ3v) is 3.06. The molecule has 0 aliphatic heterocycles. The molecule has 0 saturated heterocycles. The van der Waals surface area contributed by atoms with Crippen molar-refractivity contribution in [1.29, 1.82) is 0 Å². The average molecular weight is 273 g/mol. The number of halogens is 3. The molecule has 1 heterocycles. The van der Waals surface area contributed by atoms with Crippen molar-refractivity contribution in [2.45, 2.75) is 12.2 Å². The van der Waals surface area contributed by atoms with Crippen molar-refractivity contribution < 1.29 is 13.2 Å². The van der Waals surface area contributed by atoms with Crippen LogP contribution in [0.1, 0.15) is 22.9 Å². The summed E-state index contributed by atoms with van der Waals surface area (Å²) in [4.78, 5) is 0. The number of aromatic nitrogens is 2. The second kappa shape index (κ2) is 5.03. The molecule has 1 unspecified atom stereocenters. The van der Waals surface area contributed by atoms with Gasteiger partial charge in [-0.1, -0.05) is 22.7 Å². The van der Waals surface area contributed by atoms with Gasteiger partial charge in [-0.3, -0.25) is 0 Å². The first-order valence-electron chi connectivity index (χ1n) is 5.14. The molecular formula is C11H10F3N3S. The van der Waals surface area contributed by atoms with Gasteiger partial charge in [0, 0.05) is 5.38 Å². The Balaban J connectivity index is 2.50. The second-order valence-electron chi connectivity index (χ2n) is 3.64. The van der Waals surface area contributed by atoms with Gasteiger partial charge in [-0.2, -0.15) is 13.2 Å². The SMILES string of the molecule is CNC(c1csnn1)c1ccccc1C(F)(F)F. The predicted molar refractivity (Wildman–Crippen MR) is 62.3 cm³/mol. The first-order valence-corrected chi connectivity index (χ1v) is 5.98. The fourth-order valence-corrected chi connectivity index (χ4v) is 2.25. The first kappa shape index (κ1) is 13.0. The van der Waals surface area contributed by atoms with Crippen LogP contribution in [-0.2, 0) is 6.18 Å². The third-order valence-electron chi connectivity index (χ3n) is 2.54. The molecule has 0 radical (unpaired) electrons. The van der Waals surface area contributed by atoms with E-state index in [0.29, 0.717) is 5.69 Å². The molecular weight excluding hydrogens is 263 g/mol.